The lowest BCUT2D eigenvalue weighted by Crippen LogP contribution is -2.45. The third-order valence-electron chi connectivity index (χ3n) is 3.30. The van der Waals surface area contributed by atoms with Gasteiger partial charge in [-0.3, -0.25) is 14.3 Å². The van der Waals surface area contributed by atoms with E-state index in [4.69, 9.17) is 15.4 Å². The zero-order valence-electron chi connectivity index (χ0n) is 10.5. The van der Waals surface area contributed by atoms with Crippen LogP contribution >= 0.6 is 0 Å². The van der Waals surface area contributed by atoms with Gasteiger partial charge < -0.3 is 14.9 Å². The number of nitrogens with zero attached hydrogens (tertiary/aromatic N) is 4. The second-order valence-electron chi connectivity index (χ2n) is 4.59. The van der Waals surface area contributed by atoms with Crippen molar-refractivity contribution in [1.29, 1.82) is 0 Å². The minimum Gasteiger partial charge on any atom is -0.394 e. The number of aliphatic hydroxyl groups is 2. The molecule has 1 aromatic rings. The Bertz CT molecular complexity index is 662. The average Bonchev–Trinajstić information content (AvgIpc) is 2.63. The van der Waals surface area contributed by atoms with Crippen LogP contribution in [0.5, 0.6) is 0 Å². The van der Waals surface area contributed by atoms with E-state index in [1.165, 1.54) is 13.1 Å². The van der Waals surface area contributed by atoms with E-state index in [0.29, 0.717) is 0 Å². The second-order valence-corrected chi connectivity index (χ2v) is 4.59. The van der Waals surface area contributed by atoms with Gasteiger partial charge >= 0.3 is 5.69 Å². The summed E-state index contributed by atoms with van der Waals surface area (Å²) in [7, 11) is 0. The number of aliphatic hydroxyl groups excluding tert-OH is 2. The molecule has 2 heterocycles. The Balaban J connectivity index is 2.56. The van der Waals surface area contributed by atoms with Crippen molar-refractivity contribution in [3.8, 4) is 0 Å². The number of aromatic nitrogens is 2. The molecule has 3 N–H and O–H groups in total. The van der Waals surface area contributed by atoms with Gasteiger partial charge in [-0.1, -0.05) is 5.11 Å². The van der Waals surface area contributed by atoms with Gasteiger partial charge in [-0.2, -0.15) is 0 Å². The Hall–Kier alpha value is -2.13. The molecule has 20 heavy (non-hydrogen) atoms. The van der Waals surface area contributed by atoms with E-state index < -0.39 is 41.8 Å². The molecule has 0 unspecified atom stereocenters. The Morgan fingerprint density at radius 3 is 2.90 bits per heavy atom. The van der Waals surface area contributed by atoms with Crippen LogP contribution in [0.4, 0.5) is 0 Å². The number of rotatable bonds is 3. The van der Waals surface area contributed by atoms with E-state index in [2.05, 4.69) is 10.0 Å². The summed E-state index contributed by atoms with van der Waals surface area (Å²) in [4.78, 5) is 27.5. The highest BCUT2D eigenvalue weighted by Gasteiger charge is 2.53. The third kappa shape index (κ3) is 2.10. The highest BCUT2D eigenvalue weighted by molar-refractivity contribution is 5.06. The fourth-order valence-corrected chi connectivity index (χ4v) is 2.21. The SMILES string of the molecule is C[C@@]1(N=[N+]=[N-])[C@H](O)[C@@H](CO)O[C@H]1n1ccc(=O)[nH]c1=O. The number of hydrogen-bond acceptors (Lipinski definition) is 6. The van der Waals surface area contributed by atoms with Crippen LogP contribution in [-0.4, -0.2) is 44.1 Å². The van der Waals surface area contributed by atoms with Crippen molar-refractivity contribution in [2.75, 3.05) is 6.61 Å². The maximum atomic E-state index is 11.8. The van der Waals surface area contributed by atoms with Crippen LogP contribution in [-0.2, 0) is 4.74 Å². The van der Waals surface area contributed by atoms with Gasteiger partial charge in [-0.05, 0) is 12.5 Å². The first-order valence-electron chi connectivity index (χ1n) is 5.76. The maximum Gasteiger partial charge on any atom is 0.330 e. The Morgan fingerprint density at radius 1 is 1.65 bits per heavy atom. The largest absolute Gasteiger partial charge is 0.394 e. The number of H-pyrrole nitrogens is 1. The number of ether oxygens (including phenoxy) is 1. The normalized spacial score (nSPS) is 32.9. The fourth-order valence-electron chi connectivity index (χ4n) is 2.21. The first-order chi connectivity index (χ1) is 9.43. The lowest BCUT2D eigenvalue weighted by molar-refractivity contribution is -0.0487. The van der Waals surface area contributed by atoms with Crippen molar-refractivity contribution < 1.29 is 14.9 Å². The molecule has 0 spiro atoms. The van der Waals surface area contributed by atoms with Gasteiger partial charge in [0.25, 0.3) is 5.56 Å². The van der Waals surface area contributed by atoms with Gasteiger partial charge in [-0.15, -0.1) is 0 Å². The van der Waals surface area contributed by atoms with Crippen LogP contribution in [0.3, 0.4) is 0 Å². The molecule has 1 aromatic heterocycles. The van der Waals surface area contributed by atoms with E-state index in [9.17, 15) is 14.7 Å². The molecule has 0 radical (unpaired) electrons. The molecular formula is C10H13N5O5. The average molecular weight is 283 g/mol. The van der Waals surface area contributed by atoms with Crippen LogP contribution in [0.25, 0.3) is 10.4 Å². The van der Waals surface area contributed by atoms with Crippen LogP contribution in [0, 0.1) is 0 Å². The molecule has 4 atom stereocenters. The van der Waals surface area contributed by atoms with Crippen molar-refractivity contribution in [3.05, 3.63) is 43.5 Å². The van der Waals surface area contributed by atoms with Crippen LogP contribution in [0.2, 0.25) is 0 Å². The van der Waals surface area contributed by atoms with Gasteiger partial charge in [0.05, 0.1) is 12.7 Å². The van der Waals surface area contributed by atoms with Gasteiger partial charge in [0.1, 0.15) is 11.6 Å². The summed E-state index contributed by atoms with van der Waals surface area (Å²) in [6.07, 6.45) is -2.28. The molecule has 0 aromatic carbocycles. The lowest BCUT2D eigenvalue weighted by Gasteiger charge is -2.27. The molecule has 0 bridgehead atoms. The summed E-state index contributed by atoms with van der Waals surface area (Å²) in [5, 5.41) is 22.7. The molecule has 10 heteroatoms. The quantitative estimate of drug-likeness (QED) is 0.363. The van der Waals surface area contributed by atoms with Gasteiger partial charge in [0, 0.05) is 17.2 Å². The third-order valence-corrected chi connectivity index (χ3v) is 3.30. The molecule has 1 aliphatic rings. The molecule has 1 saturated heterocycles. The highest BCUT2D eigenvalue weighted by atomic mass is 16.5. The van der Waals surface area contributed by atoms with E-state index in [-0.39, 0.29) is 0 Å². The Kier molecular flexibility index (Phi) is 3.64. The van der Waals surface area contributed by atoms with Crippen LogP contribution in [0.1, 0.15) is 13.2 Å². The summed E-state index contributed by atoms with van der Waals surface area (Å²) < 4.78 is 6.37. The van der Waals surface area contributed by atoms with Crippen molar-refractivity contribution in [2.45, 2.75) is 30.9 Å². The predicted molar refractivity (Wildman–Crippen MR) is 65.9 cm³/mol. The summed E-state index contributed by atoms with van der Waals surface area (Å²) >= 11 is 0. The van der Waals surface area contributed by atoms with Gasteiger partial charge in [0.2, 0.25) is 0 Å². The second kappa shape index (κ2) is 5.10. The molecule has 0 aliphatic carbocycles. The zero-order chi connectivity index (χ0) is 14.9. The number of nitrogens with one attached hydrogen (secondary N) is 1. The molecule has 1 aliphatic heterocycles. The smallest absolute Gasteiger partial charge is 0.330 e. The van der Waals surface area contributed by atoms with Crippen molar-refractivity contribution in [2.24, 2.45) is 5.11 Å². The van der Waals surface area contributed by atoms with Crippen molar-refractivity contribution in [1.82, 2.24) is 9.55 Å². The Morgan fingerprint density at radius 2 is 2.35 bits per heavy atom. The standard InChI is InChI=1S/C10H13N5O5/c1-10(13-14-11)7(18)5(4-16)20-8(10)15-3-2-6(17)12-9(15)19/h2-3,5,7-8,16,18H,4H2,1H3,(H,12,17,19)/t5-,7-,8-,10-/m1/s1. The molecule has 0 saturated carbocycles. The highest BCUT2D eigenvalue weighted by Crippen LogP contribution is 2.40. The van der Waals surface area contributed by atoms with Crippen molar-refractivity contribution >= 4 is 0 Å². The maximum absolute atomic E-state index is 11.8. The van der Waals surface area contributed by atoms with Gasteiger partial charge in [0.15, 0.2) is 6.23 Å². The summed E-state index contributed by atoms with van der Waals surface area (Å²) in [5.41, 5.74) is 5.78. The minimum atomic E-state index is -1.50. The fraction of sp³-hybridized carbons (Fsp3) is 0.600. The number of aromatic amines is 1. The van der Waals surface area contributed by atoms with E-state index >= 15 is 0 Å². The monoisotopic (exact) mass is 283 g/mol. The van der Waals surface area contributed by atoms with Crippen LogP contribution in [0.15, 0.2) is 27.0 Å². The first-order valence-corrected chi connectivity index (χ1v) is 5.76. The molecule has 0 amide bonds. The molecular weight excluding hydrogens is 270 g/mol. The Labute approximate surface area is 111 Å². The number of azide groups is 1. The van der Waals surface area contributed by atoms with Gasteiger partial charge in [-0.25, -0.2) is 4.79 Å². The predicted octanol–water partition coefficient (Wildman–Crippen LogP) is -1.14. The summed E-state index contributed by atoms with van der Waals surface area (Å²) in [6.45, 7) is 0.890. The zero-order valence-corrected chi connectivity index (χ0v) is 10.5. The first kappa shape index (κ1) is 14.3. The number of hydrogen-bond donors (Lipinski definition) is 3. The van der Waals surface area contributed by atoms with E-state index in [1.807, 2.05) is 4.98 Å². The topological polar surface area (TPSA) is 153 Å². The molecule has 10 nitrogen and oxygen atoms in total. The minimum absolute atomic E-state index is 0.508. The molecule has 108 valence electrons. The summed E-state index contributed by atoms with van der Waals surface area (Å²) in [5.74, 6) is 0. The molecule has 2 rings (SSSR count). The van der Waals surface area contributed by atoms with Crippen LogP contribution < -0.4 is 11.2 Å². The van der Waals surface area contributed by atoms with E-state index in [1.54, 1.807) is 0 Å². The molecule has 1 fully saturated rings. The van der Waals surface area contributed by atoms with E-state index in [0.717, 1.165) is 10.6 Å². The lowest BCUT2D eigenvalue weighted by atomic mass is 9.93. The van der Waals surface area contributed by atoms with Crippen molar-refractivity contribution in [3.63, 3.8) is 0 Å². The summed E-state index contributed by atoms with van der Waals surface area (Å²) in [6, 6.07) is 1.10.